The van der Waals surface area contributed by atoms with Crippen LogP contribution in [0.1, 0.15) is 71.0 Å². The number of H-pyrrole nitrogens is 1. The molecule has 4 atom stereocenters. The fourth-order valence-corrected chi connectivity index (χ4v) is 6.36. The lowest BCUT2D eigenvalue weighted by Gasteiger charge is -2.42. The molecule has 12 nitrogen and oxygen atoms in total. The van der Waals surface area contributed by atoms with Crippen LogP contribution in [-0.4, -0.2) is 69.6 Å². The van der Waals surface area contributed by atoms with Crippen molar-refractivity contribution in [2.24, 2.45) is 5.92 Å². The van der Waals surface area contributed by atoms with E-state index in [0.29, 0.717) is 29.5 Å². The number of aromatic amines is 1. The molecule has 12 heteroatoms. The fourth-order valence-electron chi connectivity index (χ4n) is 6.36. The Morgan fingerprint density at radius 3 is 2.71 bits per heavy atom. The van der Waals surface area contributed by atoms with Crippen molar-refractivity contribution in [3.8, 4) is 6.07 Å². The molecule has 6 N–H and O–H groups in total. The third kappa shape index (κ3) is 5.33. The van der Waals surface area contributed by atoms with Crippen molar-refractivity contribution < 1.29 is 14.9 Å². The van der Waals surface area contributed by atoms with E-state index in [2.05, 4.69) is 45.2 Å². The standard InChI is InChI=1S/C30H39N9O3/c1-29(2,13-31)17-6-7-19-20(11-17)37-22(36-19)8-5-16-9-18(10-16)38-30(3,4)12-21-24(40)25(41)28(42-21)39-15-35-23-26(32)33-14-34-27(23)39/h6-7,11,14-16,18,21,24-25,28,38,40-41H,5,8-10,12H2,1-4H3,(H,36,37)(H2,32,33,34)/t16?,18?,21-,24-,25-,28-/m1/s1. The number of aromatic nitrogens is 6. The molecule has 0 unspecified atom stereocenters. The van der Waals surface area contributed by atoms with Crippen LogP contribution < -0.4 is 11.1 Å². The van der Waals surface area contributed by atoms with Gasteiger partial charge in [0.05, 0.1) is 34.9 Å². The number of fused-ring (bicyclic) bond motifs is 2. The summed E-state index contributed by atoms with van der Waals surface area (Å²) < 4.78 is 7.77. The first-order chi connectivity index (χ1) is 19.9. The van der Waals surface area contributed by atoms with Gasteiger partial charge in [-0.25, -0.2) is 19.9 Å². The van der Waals surface area contributed by atoms with E-state index in [1.807, 2.05) is 32.0 Å². The molecule has 1 saturated carbocycles. The van der Waals surface area contributed by atoms with Crippen LogP contribution in [0.4, 0.5) is 5.82 Å². The first-order valence-corrected chi connectivity index (χ1v) is 14.6. The lowest BCUT2D eigenvalue weighted by Crippen LogP contribution is -2.53. The second-order valence-corrected chi connectivity index (χ2v) is 13.1. The van der Waals surface area contributed by atoms with Gasteiger partial charge in [0.2, 0.25) is 0 Å². The summed E-state index contributed by atoms with van der Waals surface area (Å²) in [7, 11) is 0. The van der Waals surface area contributed by atoms with E-state index in [1.54, 1.807) is 4.57 Å². The zero-order valence-corrected chi connectivity index (χ0v) is 24.4. The van der Waals surface area contributed by atoms with E-state index in [0.717, 1.165) is 48.1 Å². The maximum Gasteiger partial charge on any atom is 0.167 e. The molecule has 3 aromatic heterocycles. The Hall–Kier alpha value is -3.63. The SMILES string of the molecule is CC(C)(C[C@H]1O[C@@H](n2cnc3c(N)ncnc32)[C@H](O)[C@@H]1O)NC1CC(CCc2nc3cc(C(C)(C)C#N)ccc3[nH]2)C1. The minimum atomic E-state index is -1.13. The zero-order valence-electron chi connectivity index (χ0n) is 24.4. The van der Waals surface area contributed by atoms with Crippen LogP contribution >= 0.6 is 0 Å². The molecule has 6 rings (SSSR count). The van der Waals surface area contributed by atoms with Crippen LogP contribution in [0.5, 0.6) is 0 Å². The number of aliphatic hydroxyl groups excluding tert-OH is 2. The van der Waals surface area contributed by atoms with E-state index >= 15 is 0 Å². The molecule has 4 aromatic rings. The monoisotopic (exact) mass is 573 g/mol. The smallest absolute Gasteiger partial charge is 0.167 e. The molecule has 1 saturated heterocycles. The number of nitrogens with zero attached hydrogens (tertiary/aromatic N) is 6. The number of hydrogen-bond acceptors (Lipinski definition) is 10. The fraction of sp³-hybridized carbons (Fsp3) is 0.567. The molecule has 0 spiro atoms. The Bertz CT molecular complexity index is 1630. The molecule has 222 valence electrons. The Morgan fingerprint density at radius 2 is 1.95 bits per heavy atom. The second-order valence-electron chi connectivity index (χ2n) is 13.1. The van der Waals surface area contributed by atoms with E-state index in [9.17, 15) is 15.5 Å². The third-order valence-electron chi connectivity index (χ3n) is 8.86. The summed E-state index contributed by atoms with van der Waals surface area (Å²) in [6.07, 6.45) is 3.90. The summed E-state index contributed by atoms with van der Waals surface area (Å²) in [5.41, 5.74) is 8.81. The molecule has 1 aliphatic heterocycles. The van der Waals surface area contributed by atoms with Crippen LogP contribution in [0.25, 0.3) is 22.2 Å². The van der Waals surface area contributed by atoms with Crippen molar-refractivity contribution in [1.29, 1.82) is 5.26 Å². The summed E-state index contributed by atoms with van der Waals surface area (Å²) in [5, 5.41) is 34.9. The van der Waals surface area contributed by atoms with Gasteiger partial charge in [0.1, 0.15) is 29.9 Å². The van der Waals surface area contributed by atoms with Crippen LogP contribution in [0.3, 0.4) is 0 Å². The third-order valence-corrected chi connectivity index (χ3v) is 8.86. The maximum absolute atomic E-state index is 10.8. The van der Waals surface area contributed by atoms with E-state index in [-0.39, 0.29) is 11.4 Å². The number of nitrogens with two attached hydrogens (primary N) is 1. The van der Waals surface area contributed by atoms with Crippen molar-refractivity contribution in [3.05, 3.63) is 42.2 Å². The molecule has 4 heterocycles. The molecular formula is C30H39N9O3. The van der Waals surface area contributed by atoms with Gasteiger partial charge in [0, 0.05) is 18.0 Å². The molecule has 0 amide bonds. The summed E-state index contributed by atoms with van der Waals surface area (Å²) >= 11 is 0. The van der Waals surface area contributed by atoms with Gasteiger partial charge in [0.15, 0.2) is 17.7 Å². The summed E-state index contributed by atoms with van der Waals surface area (Å²) in [5.74, 6) is 1.84. The Labute approximate surface area is 244 Å². The van der Waals surface area contributed by atoms with Crippen molar-refractivity contribution in [1.82, 2.24) is 34.8 Å². The van der Waals surface area contributed by atoms with Gasteiger partial charge in [-0.2, -0.15) is 5.26 Å². The maximum atomic E-state index is 10.8. The molecule has 42 heavy (non-hydrogen) atoms. The number of nitriles is 1. The lowest BCUT2D eigenvalue weighted by molar-refractivity contribution is -0.0447. The lowest BCUT2D eigenvalue weighted by atomic mass is 9.76. The minimum Gasteiger partial charge on any atom is -0.388 e. The molecular weight excluding hydrogens is 534 g/mol. The number of nitrogen functional groups attached to an aromatic ring is 1. The van der Waals surface area contributed by atoms with E-state index in [1.165, 1.54) is 12.7 Å². The number of imidazole rings is 2. The minimum absolute atomic E-state index is 0.250. The highest BCUT2D eigenvalue weighted by atomic mass is 16.6. The van der Waals surface area contributed by atoms with Crippen LogP contribution in [0, 0.1) is 17.2 Å². The highest BCUT2D eigenvalue weighted by Gasteiger charge is 2.46. The molecule has 2 fully saturated rings. The molecule has 0 radical (unpaired) electrons. The van der Waals surface area contributed by atoms with Gasteiger partial charge in [-0.1, -0.05) is 6.07 Å². The number of hydrogen-bond donors (Lipinski definition) is 5. The second kappa shape index (κ2) is 10.6. The van der Waals surface area contributed by atoms with Gasteiger partial charge < -0.3 is 31.0 Å². The number of rotatable bonds is 9. The van der Waals surface area contributed by atoms with Gasteiger partial charge in [-0.05, 0) is 77.0 Å². The number of nitrogens with one attached hydrogen (secondary N) is 2. The van der Waals surface area contributed by atoms with Crippen molar-refractivity contribution >= 4 is 28.0 Å². The normalized spacial score (nSPS) is 26.5. The molecule has 2 aliphatic rings. The number of aliphatic hydroxyl groups is 2. The summed E-state index contributed by atoms with van der Waals surface area (Å²) in [6.45, 7) is 8.05. The zero-order chi connectivity index (χ0) is 29.8. The van der Waals surface area contributed by atoms with E-state index < -0.39 is 30.0 Å². The number of benzene rings is 1. The van der Waals surface area contributed by atoms with Crippen LogP contribution in [0.2, 0.25) is 0 Å². The van der Waals surface area contributed by atoms with Crippen molar-refractivity contribution in [2.45, 2.75) is 101 Å². The van der Waals surface area contributed by atoms with Crippen LogP contribution in [-0.2, 0) is 16.6 Å². The Kier molecular flexibility index (Phi) is 7.17. The first-order valence-electron chi connectivity index (χ1n) is 14.6. The van der Waals surface area contributed by atoms with E-state index in [4.69, 9.17) is 15.5 Å². The first kappa shape index (κ1) is 28.5. The highest BCUT2D eigenvalue weighted by Crippen LogP contribution is 2.37. The predicted molar refractivity (Wildman–Crippen MR) is 157 cm³/mol. The van der Waals surface area contributed by atoms with Crippen molar-refractivity contribution in [3.63, 3.8) is 0 Å². The van der Waals surface area contributed by atoms with Gasteiger partial charge >= 0.3 is 0 Å². The summed E-state index contributed by atoms with van der Waals surface area (Å²) in [4.78, 5) is 20.7. The Balaban J connectivity index is 1.00. The topological polar surface area (TPSA) is 184 Å². The van der Waals surface area contributed by atoms with Gasteiger partial charge in [0.25, 0.3) is 0 Å². The van der Waals surface area contributed by atoms with Crippen molar-refractivity contribution in [2.75, 3.05) is 5.73 Å². The molecule has 0 bridgehead atoms. The van der Waals surface area contributed by atoms with Gasteiger partial charge in [-0.15, -0.1) is 0 Å². The highest BCUT2D eigenvalue weighted by molar-refractivity contribution is 5.81. The Morgan fingerprint density at radius 1 is 1.17 bits per heavy atom. The number of aryl methyl sites for hydroxylation is 1. The number of ether oxygens (including phenoxy) is 1. The van der Waals surface area contributed by atoms with Gasteiger partial charge in [-0.3, -0.25) is 4.57 Å². The average molecular weight is 574 g/mol. The quantitative estimate of drug-likeness (QED) is 0.199. The predicted octanol–water partition coefficient (Wildman–Crippen LogP) is 2.87. The number of anilines is 1. The largest absolute Gasteiger partial charge is 0.388 e. The molecule has 1 aromatic carbocycles. The molecule has 1 aliphatic carbocycles. The van der Waals surface area contributed by atoms with Crippen LogP contribution in [0.15, 0.2) is 30.9 Å². The average Bonchev–Trinajstić information content (AvgIpc) is 3.61. The summed E-state index contributed by atoms with van der Waals surface area (Å²) in [6, 6.07) is 8.76.